The Morgan fingerprint density at radius 3 is 0.927 bits per heavy atom. The van der Waals surface area contributed by atoms with Crippen LogP contribution in [0.1, 0.15) is 145 Å². The van der Waals surface area contributed by atoms with Gasteiger partial charge >= 0.3 is 61.6 Å². The number of unbranched alkanes of at least 4 members (excludes halogenated alkanes) is 12. The van der Waals surface area contributed by atoms with E-state index in [-0.39, 0.29) is 73.2 Å². The van der Waals surface area contributed by atoms with Gasteiger partial charge in [0.05, 0.1) is 67.2 Å². The molecule has 17 heteroatoms. The Morgan fingerprint density at radius 2 is 0.673 bits per heavy atom. The first-order chi connectivity index (χ1) is 25.7. The molecule has 55 heavy (non-hydrogen) atoms. The summed E-state index contributed by atoms with van der Waals surface area (Å²) in [4.78, 5) is 48.5. The van der Waals surface area contributed by atoms with Crippen molar-refractivity contribution in [3.05, 3.63) is 70.8 Å². The van der Waals surface area contributed by atoms with Gasteiger partial charge in [0, 0.05) is 0 Å². The number of esters is 4. The van der Waals surface area contributed by atoms with Gasteiger partial charge in [-0.2, -0.15) is 0 Å². The quantitative estimate of drug-likeness (QED) is 0.0338. The molecule has 0 aliphatic rings. The summed E-state index contributed by atoms with van der Waals surface area (Å²) in [5.41, 5.74) is 0.0570. The Labute approximate surface area is 355 Å². The van der Waals surface area contributed by atoms with Crippen molar-refractivity contribution in [1.82, 2.24) is 0 Å². The van der Waals surface area contributed by atoms with Gasteiger partial charge in [-0.3, -0.25) is 0 Å². The van der Waals surface area contributed by atoms with Gasteiger partial charge in [-0.25, -0.2) is 36.0 Å². The van der Waals surface area contributed by atoms with Crippen molar-refractivity contribution in [3.63, 3.8) is 0 Å². The number of benzene rings is 2. The van der Waals surface area contributed by atoms with Crippen molar-refractivity contribution in [3.8, 4) is 0 Å². The average molecular weight is 839 g/mol. The second-order valence-electron chi connectivity index (χ2n) is 12.4. The first-order valence-electron chi connectivity index (χ1n) is 18.4. The van der Waals surface area contributed by atoms with Crippen LogP contribution in [0.25, 0.3) is 0 Å². The normalized spacial score (nSPS) is 11.0. The van der Waals surface area contributed by atoms with Crippen LogP contribution < -0.4 is 0 Å². The molecule has 14 nitrogen and oxygen atoms in total. The smallest absolute Gasteiger partial charge is 0.748 e. The molecular weight excluding hydrogens is 785 g/mol. The maximum absolute atomic E-state index is 12.2. The van der Waals surface area contributed by atoms with Crippen molar-refractivity contribution < 1.29 is 64.1 Å². The Kier molecular flexibility index (Phi) is 29.1. The fourth-order valence-corrected chi connectivity index (χ4v) is 5.49. The van der Waals surface area contributed by atoms with Crippen LogP contribution in [0.2, 0.25) is 0 Å². The van der Waals surface area contributed by atoms with Crippen LogP contribution in [-0.2, 0) is 39.2 Å². The predicted molar refractivity (Wildman–Crippen MR) is 205 cm³/mol. The molecule has 0 saturated heterocycles. The summed E-state index contributed by atoms with van der Waals surface area (Å²) >= 11 is 0. The molecule has 0 heterocycles. The monoisotopic (exact) mass is 838 g/mol. The summed E-state index contributed by atoms with van der Waals surface area (Å²) in [6.45, 7) is 3.74. The third-order valence-corrected chi connectivity index (χ3v) is 9.16. The van der Waals surface area contributed by atoms with Crippen molar-refractivity contribution >= 4 is 81.9 Å². The molecule has 304 valence electrons. The molecule has 0 unspecified atom stereocenters. The largest absolute Gasteiger partial charge is 2.00 e. The maximum Gasteiger partial charge on any atom is 2.00 e. The Hall–Kier alpha value is -2.60. The van der Waals surface area contributed by atoms with Crippen molar-refractivity contribution in [1.29, 1.82) is 0 Å². The zero-order valence-corrected chi connectivity index (χ0v) is 35.8. The molecule has 0 fully saturated rings. The second-order valence-corrected chi connectivity index (χ2v) is 15.4. The van der Waals surface area contributed by atoms with E-state index in [0.717, 1.165) is 38.5 Å². The standard InChI is InChI=1S/2C19H28O7S.Ca/c2*1-2-3-4-5-6-7-10-13-25-18(20)16-11-8-9-12-17(16)19(21)26-14-15-27(22,23)24;/h2*8-9,11-12H,2-7,10,13-15H2,1H3,(H,22,23,24);/q;;+2/p-2. The summed E-state index contributed by atoms with van der Waals surface area (Å²) < 4.78 is 83.2. The van der Waals surface area contributed by atoms with Gasteiger partial charge in [0.15, 0.2) is 0 Å². The summed E-state index contributed by atoms with van der Waals surface area (Å²) in [5, 5.41) is 0. The molecule has 0 amide bonds. The van der Waals surface area contributed by atoms with E-state index in [1.165, 1.54) is 75.6 Å². The molecule has 2 aromatic carbocycles. The zero-order valence-electron chi connectivity index (χ0n) is 32.0. The predicted octanol–water partition coefficient (Wildman–Crippen LogP) is 6.21. The number of hydrogen-bond acceptors (Lipinski definition) is 14. The van der Waals surface area contributed by atoms with Gasteiger partial charge in [0.1, 0.15) is 13.2 Å². The number of hydrogen-bond donors (Lipinski definition) is 0. The molecule has 0 N–H and O–H groups in total. The summed E-state index contributed by atoms with van der Waals surface area (Å²) in [6.07, 6.45) is 15.3. The molecule has 0 aliphatic heterocycles. The third-order valence-electron chi connectivity index (χ3n) is 7.83. The Bertz CT molecular complexity index is 1520. The first kappa shape index (κ1) is 52.4. The summed E-state index contributed by atoms with van der Waals surface area (Å²) in [7, 11) is -8.94. The first-order valence-corrected chi connectivity index (χ1v) is 21.6. The number of rotatable bonds is 26. The SMILES string of the molecule is CCCCCCCCCOC(=O)c1ccccc1C(=O)OCCS(=O)(=O)[O-].CCCCCCCCCOC(=O)c1ccccc1C(=O)OCCS(=O)(=O)[O-].[Ca+2]. The summed E-state index contributed by atoms with van der Waals surface area (Å²) in [6, 6.07) is 11.9. The van der Waals surface area contributed by atoms with Crippen LogP contribution in [0.3, 0.4) is 0 Å². The molecule has 0 saturated carbocycles. The molecule has 2 aromatic rings. The number of ether oxygens (including phenoxy) is 4. The van der Waals surface area contributed by atoms with E-state index in [2.05, 4.69) is 13.8 Å². The molecule has 0 radical (unpaired) electrons. The van der Waals surface area contributed by atoms with E-state index in [1.807, 2.05) is 0 Å². The topological polar surface area (TPSA) is 220 Å². The Morgan fingerprint density at radius 1 is 0.436 bits per heavy atom. The maximum atomic E-state index is 12.2. The zero-order chi connectivity index (χ0) is 40.2. The van der Waals surface area contributed by atoms with E-state index < -0.39 is 68.8 Å². The molecule has 0 bridgehead atoms. The molecule has 0 aromatic heterocycles. The van der Waals surface area contributed by atoms with Gasteiger partial charge in [0.25, 0.3) is 0 Å². The van der Waals surface area contributed by atoms with E-state index in [0.29, 0.717) is 0 Å². The fourth-order valence-electron chi connectivity index (χ4n) is 4.91. The van der Waals surface area contributed by atoms with Gasteiger partial charge in [-0.05, 0) is 37.1 Å². The second kappa shape index (κ2) is 30.5. The molecular formula is C38H54CaO14S2. The van der Waals surface area contributed by atoms with E-state index in [1.54, 1.807) is 24.3 Å². The number of carbonyl (C=O) groups excluding carboxylic acids is 4. The van der Waals surface area contributed by atoms with Gasteiger partial charge in [-0.1, -0.05) is 115 Å². The molecule has 0 spiro atoms. The number of carbonyl (C=O) groups is 4. The van der Waals surface area contributed by atoms with Gasteiger partial charge in [-0.15, -0.1) is 0 Å². The molecule has 2 rings (SSSR count). The third kappa shape index (κ3) is 26.0. The van der Waals surface area contributed by atoms with E-state index >= 15 is 0 Å². The van der Waals surface area contributed by atoms with Gasteiger partial charge < -0.3 is 28.1 Å². The van der Waals surface area contributed by atoms with Crippen LogP contribution in [0.5, 0.6) is 0 Å². The van der Waals surface area contributed by atoms with Crippen molar-refractivity contribution in [2.24, 2.45) is 0 Å². The minimum absolute atomic E-state index is 0. The van der Waals surface area contributed by atoms with Crippen molar-refractivity contribution in [2.75, 3.05) is 37.9 Å². The van der Waals surface area contributed by atoms with Crippen molar-refractivity contribution in [2.45, 2.75) is 104 Å². The van der Waals surface area contributed by atoms with E-state index in [4.69, 9.17) is 18.9 Å². The van der Waals surface area contributed by atoms with E-state index in [9.17, 15) is 45.1 Å². The molecule has 0 aliphatic carbocycles. The minimum atomic E-state index is -4.47. The van der Waals surface area contributed by atoms with Crippen LogP contribution in [0.15, 0.2) is 48.5 Å². The fraction of sp³-hybridized carbons (Fsp3) is 0.579. The molecule has 0 atom stereocenters. The average Bonchev–Trinajstić information content (AvgIpc) is 3.12. The van der Waals surface area contributed by atoms with Crippen LogP contribution in [0.4, 0.5) is 0 Å². The van der Waals surface area contributed by atoms with Crippen LogP contribution in [0, 0.1) is 0 Å². The van der Waals surface area contributed by atoms with Crippen LogP contribution >= 0.6 is 0 Å². The van der Waals surface area contributed by atoms with Gasteiger partial charge in [0.2, 0.25) is 0 Å². The Balaban J connectivity index is 0.00000104. The van der Waals surface area contributed by atoms with Crippen LogP contribution in [-0.4, -0.2) is 125 Å². The minimum Gasteiger partial charge on any atom is -0.748 e. The summed E-state index contributed by atoms with van der Waals surface area (Å²) in [5.74, 6) is -4.65.